The first-order valence-electron chi connectivity index (χ1n) is 7.32. The number of carbonyl (C=O) groups excluding carboxylic acids is 1. The van der Waals surface area contributed by atoms with E-state index >= 15 is 0 Å². The van der Waals surface area contributed by atoms with Crippen molar-refractivity contribution in [1.29, 1.82) is 0 Å². The predicted octanol–water partition coefficient (Wildman–Crippen LogP) is 2.11. The van der Waals surface area contributed by atoms with Gasteiger partial charge in [0.2, 0.25) is 5.91 Å². The van der Waals surface area contributed by atoms with Crippen LogP contribution in [0.5, 0.6) is 5.75 Å². The molecule has 1 aromatic carbocycles. The number of aliphatic hydroxyl groups is 1. The van der Waals surface area contributed by atoms with E-state index in [9.17, 15) is 9.90 Å². The van der Waals surface area contributed by atoms with Crippen molar-refractivity contribution >= 4 is 15.8 Å². The molecule has 0 spiro atoms. The van der Waals surface area contributed by atoms with Crippen molar-refractivity contribution in [3.05, 3.63) is 29.8 Å². The van der Waals surface area contributed by atoms with Crippen molar-refractivity contribution in [3.8, 4) is 5.75 Å². The standard InChI is InChI=1S/C14H20N2O3.C2H6.H3P/c1-14(18)15(2)9-8-13(17)16(14)10-11-4-6-12(19-3)7-5-11;1-2;/h4-7,18H,8-10H2,1-3H3;1-2H3;1H3. The maximum Gasteiger partial charge on any atom is 0.227 e. The van der Waals surface area contributed by atoms with E-state index in [1.807, 2.05) is 45.2 Å². The third-order valence-corrected chi connectivity index (χ3v) is 3.70. The molecule has 5 nitrogen and oxygen atoms in total. The largest absolute Gasteiger partial charge is 0.497 e. The molecule has 126 valence electrons. The van der Waals surface area contributed by atoms with E-state index in [1.54, 1.807) is 18.9 Å². The van der Waals surface area contributed by atoms with Crippen LogP contribution < -0.4 is 4.74 Å². The van der Waals surface area contributed by atoms with Gasteiger partial charge in [-0.25, -0.2) is 0 Å². The first-order valence-corrected chi connectivity index (χ1v) is 7.32. The number of nitrogens with zero attached hydrogens (tertiary/aromatic N) is 2. The highest BCUT2D eigenvalue weighted by Gasteiger charge is 2.40. The Bertz CT molecular complexity index is 463. The summed E-state index contributed by atoms with van der Waals surface area (Å²) in [5, 5.41) is 10.4. The normalized spacial score (nSPS) is 21.5. The van der Waals surface area contributed by atoms with Gasteiger partial charge in [0.05, 0.1) is 7.11 Å². The molecule has 2 atom stereocenters. The third-order valence-electron chi connectivity index (χ3n) is 3.70. The molecule has 1 N–H and O–H groups in total. The highest BCUT2D eigenvalue weighted by molar-refractivity contribution is 6.92. The summed E-state index contributed by atoms with van der Waals surface area (Å²) in [6.45, 7) is 6.61. The van der Waals surface area contributed by atoms with Crippen LogP contribution in [0.4, 0.5) is 0 Å². The fourth-order valence-electron chi connectivity index (χ4n) is 2.20. The average molecular weight is 328 g/mol. The summed E-state index contributed by atoms with van der Waals surface area (Å²) < 4.78 is 5.10. The van der Waals surface area contributed by atoms with Crippen LogP contribution in [0.15, 0.2) is 24.3 Å². The van der Waals surface area contributed by atoms with Gasteiger partial charge in [-0.2, -0.15) is 9.90 Å². The van der Waals surface area contributed by atoms with Crippen molar-refractivity contribution in [2.45, 2.75) is 39.6 Å². The summed E-state index contributed by atoms with van der Waals surface area (Å²) in [4.78, 5) is 15.3. The number of amides is 1. The number of methoxy groups -OCH3 is 1. The first kappa shape index (κ1) is 20.8. The molecule has 1 fully saturated rings. The quantitative estimate of drug-likeness (QED) is 0.864. The van der Waals surface area contributed by atoms with E-state index < -0.39 is 5.85 Å². The summed E-state index contributed by atoms with van der Waals surface area (Å²) in [5.41, 5.74) is 0.963. The zero-order valence-electron chi connectivity index (χ0n) is 14.3. The Morgan fingerprint density at radius 3 is 2.32 bits per heavy atom. The maximum atomic E-state index is 12.0. The van der Waals surface area contributed by atoms with Crippen molar-refractivity contribution in [3.63, 3.8) is 0 Å². The zero-order valence-corrected chi connectivity index (χ0v) is 15.7. The number of hydrogen-bond donors (Lipinski definition) is 1. The lowest BCUT2D eigenvalue weighted by Gasteiger charge is -2.46. The summed E-state index contributed by atoms with van der Waals surface area (Å²) in [7, 11) is 3.43. The van der Waals surface area contributed by atoms with Gasteiger partial charge in [-0.1, -0.05) is 26.0 Å². The van der Waals surface area contributed by atoms with Gasteiger partial charge in [-0.3, -0.25) is 14.6 Å². The van der Waals surface area contributed by atoms with E-state index in [1.165, 1.54) is 4.90 Å². The Morgan fingerprint density at radius 1 is 1.27 bits per heavy atom. The second-order valence-electron chi connectivity index (χ2n) is 4.97. The molecule has 1 aliphatic rings. The molecule has 2 unspecified atom stereocenters. The van der Waals surface area contributed by atoms with E-state index in [0.717, 1.165) is 11.3 Å². The van der Waals surface area contributed by atoms with Crippen molar-refractivity contribution in [2.75, 3.05) is 20.7 Å². The molecule has 0 radical (unpaired) electrons. The van der Waals surface area contributed by atoms with Crippen LogP contribution in [-0.4, -0.2) is 47.4 Å². The van der Waals surface area contributed by atoms with Crippen LogP contribution in [-0.2, 0) is 11.3 Å². The molecule has 0 aromatic heterocycles. The molecule has 1 heterocycles. The van der Waals surface area contributed by atoms with Gasteiger partial charge >= 0.3 is 0 Å². The van der Waals surface area contributed by atoms with E-state index in [0.29, 0.717) is 19.5 Å². The van der Waals surface area contributed by atoms with E-state index in [2.05, 4.69) is 0 Å². The van der Waals surface area contributed by atoms with Gasteiger partial charge < -0.3 is 9.84 Å². The zero-order chi connectivity index (χ0) is 16.0. The number of rotatable bonds is 3. The fraction of sp³-hybridized carbons (Fsp3) is 0.562. The molecule has 1 amide bonds. The Hall–Kier alpha value is -1.16. The molecule has 22 heavy (non-hydrogen) atoms. The number of benzene rings is 1. The minimum absolute atomic E-state index is 0. The fourth-order valence-corrected chi connectivity index (χ4v) is 2.20. The van der Waals surface area contributed by atoms with E-state index in [-0.39, 0.29) is 15.8 Å². The number of hydrogen-bond acceptors (Lipinski definition) is 4. The van der Waals surface area contributed by atoms with Gasteiger partial charge in [-0.05, 0) is 31.7 Å². The van der Waals surface area contributed by atoms with Crippen molar-refractivity contribution in [1.82, 2.24) is 9.80 Å². The van der Waals surface area contributed by atoms with Crippen molar-refractivity contribution < 1.29 is 14.6 Å². The van der Waals surface area contributed by atoms with Crippen LogP contribution in [0.25, 0.3) is 0 Å². The van der Waals surface area contributed by atoms with Crippen LogP contribution in [0.2, 0.25) is 0 Å². The molecule has 0 aliphatic carbocycles. The minimum atomic E-state index is -1.24. The third kappa shape index (κ3) is 4.67. The lowest BCUT2D eigenvalue weighted by atomic mass is 10.1. The lowest BCUT2D eigenvalue weighted by molar-refractivity contribution is -0.218. The molecule has 2 rings (SSSR count). The molecular weight excluding hydrogens is 299 g/mol. The second-order valence-corrected chi connectivity index (χ2v) is 4.97. The Morgan fingerprint density at radius 2 is 1.82 bits per heavy atom. The maximum absolute atomic E-state index is 12.0. The summed E-state index contributed by atoms with van der Waals surface area (Å²) >= 11 is 0. The van der Waals surface area contributed by atoms with Gasteiger partial charge in [0.25, 0.3) is 0 Å². The van der Waals surface area contributed by atoms with Crippen LogP contribution in [0.1, 0.15) is 32.8 Å². The van der Waals surface area contributed by atoms with Crippen LogP contribution in [0.3, 0.4) is 0 Å². The number of carbonyl (C=O) groups is 1. The SMILES string of the molecule is CC.COc1ccc(CN2C(=O)CCN(C)C2(C)O)cc1.P. The van der Waals surface area contributed by atoms with Crippen molar-refractivity contribution in [2.24, 2.45) is 0 Å². The Balaban J connectivity index is 0.00000141. The average Bonchev–Trinajstić information content (AvgIpc) is 2.51. The highest BCUT2D eigenvalue weighted by atomic mass is 31.0. The summed E-state index contributed by atoms with van der Waals surface area (Å²) in [5.74, 6) is -0.494. The smallest absolute Gasteiger partial charge is 0.227 e. The topological polar surface area (TPSA) is 53.0 Å². The molecule has 0 saturated carbocycles. The van der Waals surface area contributed by atoms with Gasteiger partial charge in [-0.15, -0.1) is 0 Å². The Labute approximate surface area is 136 Å². The van der Waals surface area contributed by atoms with Gasteiger partial charge in [0, 0.05) is 19.5 Å². The van der Waals surface area contributed by atoms with Crippen LogP contribution in [0, 0.1) is 0 Å². The molecule has 6 heteroatoms. The van der Waals surface area contributed by atoms with Crippen LogP contribution >= 0.6 is 9.90 Å². The number of ether oxygens (including phenoxy) is 1. The first-order chi connectivity index (χ1) is 9.95. The monoisotopic (exact) mass is 328 g/mol. The second kappa shape index (κ2) is 9.09. The highest BCUT2D eigenvalue weighted by Crippen LogP contribution is 2.25. The molecule has 1 aliphatic heterocycles. The van der Waals surface area contributed by atoms with E-state index in [4.69, 9.17) is 4.74 Å². The Kier molecular flexibility index (Phi) is 8.61. The molecular formula is C16H29N2O3P. The lowest BCUT2D eigenvalue weighted by Crippen LogP contribution is -2.63. The predicted molar refractivity (Wildman–Crippen MR) is 93.9 cm³/mol. The molecule has 0 bridgehead atoms. The minimum Gasteiger partial charge on any atom is -0.497 e. The summed E-state index contributed by atoms with van der Waals surface area (Å²) in [6, 6.07) is 7.50. The van der Waals surface area contributed by atoms with Gasteiger partial charge in [0.1, 0.15) is 5.75 Å². The van der Waals surface area contributed by atoms with Gasteiger partial charge in [0.15, 0.2) is 5.85 Å². The summed E-state index contributed by atoms with van der Waals surface area (Å²) in [6.07, 6.45) is 0.433. The molecule has 1 aromatic rings. The molecule has 1 saturated heterocycles.